The van der Waals surface area contributed by atoms with E-state index in [1.807, 2.05) is 54.3 Å². The van der Waals surface area contributed by atoms with Gasteiger partial charge in [0.15, 0.2) is 5.69 Å². The largest absolute Gasteiger partial charge is 0.493 e. The normalized spacial score (nSPS) is 17.5. The summed E-state index contributed by atoms with van der Waals surface area (Å²) in [7, 11) is 0. The van der Waals surface area contributed by atoms with Gasteiger partial charge in [-0.3, -0.25) is 4.79 Å². The van der Waals surface area contributed by atoms with E-state index in [-0.39, 0.29) is 23.6 Å². The van der Waals surface area contributed by atoms with E-state index < -0.39 is 5.97 Å². The highest BCUT2D eigenvalue weighted by atomic mass is 16.5. The molecule has 0 saturated heterocycles. The Labute approximate surface area is 191 Å². The SMILES string of the molecule is CCOC(=O)c1nn(-c2ccc3c(c2)CCO3)c2c1C1(CC1)CN(c1ccc(C)cc1)C2=O. The van der Waals surface area contributed by atoms with Crippen LogP contribution in [0.3, 0.4) is 0 Å². The van der Waals surface area contributed by atoms with Crippen molar-refractivity contribution in [1.82, 2.24) is 9.78 Å². The van der Waals surface area contributed by atoms with Crippen LogP contribution >= 0.6 is 0 Å². The average molecular weight is 444 g/mol. The highest BCUT2D eigenvalue weighted by Crippen LogP contribution is 2.54. The Balaban J connectivity index is 1.55. The summed E-state index contributed by atoms with van der Waals surface area (Å²) in [5.74, 6) is 0.239. The Morgan fingerprint density at radius 2 is 1.91 bits per heavy atom. The molecule has 7 nitrogen and oxygen atoms in total. The minimum Gasteiger partial charge on any atom is -0.493 e. The number of benzene rings is 2. The molecule has 3 heterocycles. The van der Waals surface area contributed by atoms with E-state index in [9.17, 15) is 9.59 Å². The maximum Gasteiger partial charge on any atom is 0.359 e. The lowest BCUT2D eigenvalue weighted by Crippen LogP contribution is -2.44. The second kappa shape index (κ2) is 7.20. The quantitative estimate of drug-likeness (QED) is 0.570. The van der Waals surface area contributed by atoms with Crippen LogP contribution in [0.5, 0.6) is 5.75 Å². The Bertz CT molecular complexity index is 1290. The standard InChI is InChI=1S/C26H25N3O4/c1-3-32-25(31)22-21-23(29(27-22)19-8-9-20-17(14-19)10-13-33-20)24(30)28(15-26(21)11-12-26)18-6-4-16(2)5-7-18/h4-9,14H,3,10-13,15H2,1-2H3. The molecule has 1 amide bonds. The van der Waals surface area contributed by atoms with E-state index in [0.29, 0.717) is 18.8 Å². The summed E-state index contributed by atoms with van der Waals surface area (Å²) in [6.07, 6.45) is 2.63. The Hall–Kier alpha value is -3.61. The predicted octanol–water partition coefficient (Wildman–Crippen LogP) is 3.98. The van der Waals surface area contributed by atoms with E-state index in [1.165, 1.54) is 0 Å². The molecule has 0 unspecified atom stereocenters. The van der Waals surface area contributed by atoms with Gasteiger partial charge in [0, 0.05) is 29.6 Å². The molecule has 1 fully saturated rings. The number of esters is 1. The van der Waals surface area contributed by atoms with Gasteiger partial charge in [0.05, 0.1) is 18.9 Å². The topological polar surface area (TPSA) is 73.7 Å². The van der Waals surface area contributed by atoms with Crippen molar-refractivity contribution in [3.05, 3.63) is 70.5 Å². The molecule has 3 aromatic rings. The number of hydrogen-bond donors (Lipinski definition) is 0. The van der Waals surface area contributed by atoms with Crippen LogP contribution in [0.15, 0.2) is 42.5 Å². The number of hydrogen-bond acceptors (Lipinski definition) is 5. The molecule has 2 aromatic carbocycles. The number of fused-ring (bicyclic) bond motifs is 3. The van der Waals surface area contributed by atoms with Gasteiger partial charge in [0.2, 0.25) is 0 Å². The number of rotatable bonds is 4. The number of aromatic nitrogens is 2. The molecular weight excluding hydrogens is 418 g/mol. The highest BCUT2D eigenvalue weighted by Gasteiger charge is 2.56. The van der Waals surface area contributed by atoms with Crippen LogP contribution in [0.4, 0.5) is 5.69 Å². The summed E-state index contributed by atoms with van der Waals surface area (Å²) in [6.45, 7) is 5.25. The van der Waals surface area contributed by atoms with Gasteiger partial charge in [-0.05, 0) is 62.6 Å². The lowest BCUT2D eigenvalue weighted by molar-refractivity contribution is 0.0516. The maximum atomic E-state index is 13.9. The summed E-state index contributed by atoms with van der Waals surface area (Å²) in [4.78, 5) is 28.7. The molecule has 3 aliphatic rings. The van der Waals surface area contributed by atoms with Crippen LogP contribution in [0.1, 0.15) is 57.4 Å². The van der Waals surface area contributed by atoms with Crippen LogP contribution in [0.2, 0.25) is 0 Å². The fraction of sp³-hybridized carbons (Fsp3) is 0.346. The number of carbonyl (C=O) groups excluding carboxylic acids is 2. The maximum absolute atomic E-state index is 13.9. The van der Waals surface area contributed by atoms with E-state index in [4.69, 9.17) is 9.47 Å². The van der Waals surface area contributed by atoms with Crippen LogP contribution in [-0.4, -0.2) is 41.4 Å². The second-order valence-corrected chi connectivity index (χ2v) is 9.10. The van der Waals surface area contributed by atoms with Crippen LogP contribution in [-0.2, 0) is 16.6 Å². The third-order valence-corrected chi connectivity index (χ3v) is 6.91. The van der Waals surface area contributed by atoms with Crippen molar-refractivity contribution in [3.8, 4) is 11.4 Å². The number of carbonyl (C=O) groups is 2. The lowest BCUT2D eigenvalue weighted by Gasteiger charge is -2.33. The molecule has 168 valence electrons. The van der Waals surface area contributed by atoms with Crippen molar-refractivity contribution < 1.29 is 19.1 Å². The molecule has 0 radical (unpaired) electrons. The summed E-state index contributed by atoms with van der Waals surface area (Å²) in [6, 6.07) is 13.8. The average Bonchev–Trinajstić information content (AvgIpc) is 3.23. The summed E-state index contributed by atoms with van der Waals surface area (Å²) >= 11 is 0. The molecule has 0 bridgehead atoms. The molecule has 2 aliphatic heterocycles. The first kappa shape index (κ1) is 20.0. The van der Waals surface area contributed by atoms with Gasteiger partial charge in [0.1, 0.15) is 11.4 Å². The van der Waals surface area contributed by atoms with Gasteiger partial charge in [-0.25, -0.2) is 9.48 Å². The molecule has 1 saturated carbocycles. The molecule has 7 heteroatoms. The predicted molar refractivity (Wildman–Crippen MR) is 122 cm³/mol. The van der Waals surface area contributed by atoms with E-state index in [2.05, 4.69) is 5.10 Å². The van der Waals surface area contributed by atoms with Gasteiger partial charge in [-0.2, -0.15) is 5.10 Å². The summed E-state index contributed by atoms with van der Waals surface area (Å²) in [5, 5.41) is 4.69. The molecule has 6 rings (SSSR count). The first-order chi connectivity index (χ1) is 16.0. The highest BCUT2D eigenvalue weighted by molar-refractivity contribution is 6.10. The third kappa shape index (κ3) is 3.06. The zero-order valence-corrected chi connectivity index (χ0v) is 18.8. The zero-order chi connectivity index (χ0) is 22.7. The molecular formula is C26H25N3O4. The minimum absolute atomic E-state index is 0.147. The van der Waals surface area contributed by atoms with Crippen molar-refractivity contribution in [2.75, 3.05) is 24.7 Å². The second-order valence-electron chi connectivity index (χ2n) is 9.10. The lowest BCUT2D eigenvalue weighted by atomic mass is 9.88. The van der Waals surface area contributed by atoms with E-state index >= 15 is 0 Å². The monoisotopic (exact) mass is 443 g/mol. The van der Waals surface area contributed by atoms with Gasteiger partial charge in [-0.1, -0.05) is 17.7 Å². The van der Waals surface area contributed by atoms with Crippen molar-refractivity contribution >= 4 is 17.6 Å². The number of nitrogens with zero attached hydrogens (tertiary/aromatic N) is 3. The fourth-order valence-corrected chi connectivity index (χ4v) is 5.03. The van der Waals surface area contributed by atoms with Crippen molar-refractivity contribution in [2.45, 2.75) is 38.5 Å². The molecule has 0 atom stereocenters. The number of aryl methyl sites for hydroxylation is 1. The summed E-state index contributed by atoms with van der Waals surface area (Å²) < 4.78 is 12.6. The van der Waals surface area contributed by atoms with Gasteiger partial charge in [0.25, 0.3) is 5.91 Å². The fourth-order valence-electron chi connectivity index (χ4n) is 5.03. The summed E-state index contributed by atoms with van der Waals surface area (Å²) in [5.41, 5.74) is 5.02. The van der Waals surface area contributed by atoms with Gasteiger partial charge in [-0.15, -0.1) is 0 Å². The van der Waals surface area contributed by atoms with Crippen molar-refractivity contribution in [2.24, 2.45) is 0 Å². The first-order valence-electron chi connectivity index (χ1n) is 11.5. The Kier molecular flexibility index (Phi) is 4.37. The molecule has 33 heavy (non-hydrogen) atoms. The van der Waals surface area contributed by atoms with E-state index in [0.717, 1.165) is 53.1 Å². The van der Waals surface area contributed by atoms with E-state index in [1.54, 1.807) is 11.6 Å². The van der Waals surface area contributed by atoms with Crippen LogP contribution in [0.25, 0.3) is 5.69 Å². The first-order valence-corrected chi connectivity index (χ1v) is 11.5. The molecule has 0 N–H and O–H groups in total. The molecule has 1 aromatic heterocycles. The molecule has 1 aliphatic carbocycles. The van der Waals surface area contributed by atoms with Gasteiger partial charge >= 0.3 is 5.97 Å². The minimum atomic E-state index is -0.472. The van der Waals surface area contributed by atoms with Crippen LogP contribution in [0, 0.1) is 6.92 Å². The molecule has 1 spiro atoms. The third-order valence-electron chi connectivity index (χ3n) is 6.91. The van der Waals surface area contributed by atoms with Crippen LogP contribution < -0.4 is 9.64 Å². The number of anilines is 1. The van der Waals surface area contributed by atoms with Crippen molar-refractivity contribution in [3.63, 3.8) is 0 Å². The number of amides is 1. The smallest absolute Gasteiger partial charge is 0.359 e. The Morgan fingerprint density at radius 3 is 2.64 bits per heavy atom. The van der Waals surface area contributed by atoms with Gasteiger partial charge < -0.3 is 14.4 Å². The Morgan fingerprint density at radius 1 is 1.15 bits per heavy atom. The zero-order valence-electron chi connectivity index (χ0n) is 18.8. The van der Waals surface area contributed by atoms with Crippen molar-refractivity contribution in [1.29, 1.82) is 0 Å². The number of ether oxygens (including phenoxy) is 2.